The Morgan fingerprint density at radius 2 is 1.56 bits per heavy atom. The summed E-state index contributed by atoms with van der Waals surface area (Å²) in [5, 5.41) is 1.84. The van der Waals surface area contributed by atoms with E-state index in [9.17, 15) is 4.79 Å². The molecule has 5 rings (SSSR count). The van der Waals surface area contributed by atoms with Crippen molar-refractivity contribution in [3.8, 4) is 0 Å². The minimum Gasteiger partial charge on any atom is -0.451 e. The lowest BCUT2D eigenvalue weighted by Gasteiger charge is -2.35. The summed E-state index contributed by atoms with van der Waals surface area (Å²) in [6.45, 7) is 8.32. The van der Waals surface area contributed by atoms with E-state index in [4.69, 9.17) is 4.42 Å². The monoisotopic (exact) mass is 455 g/mol. The van der Waals surface area contributed by atoms with E-state index < -0.39 is 0 Å². The van der Waals surface area contributed by atoms with Crippen LogP contribution >= 0.6 is 11.8 Å². The molecule has 32 heavy (non-hydrogen) atoms. The largest absolute Gasteiger partial charge is 0.451 e. The smallest absolute Gasteiger partial charge is 0.290 e. The van der Waals surface area contributed by atoms with Crippen LogP contribution in [0.25, 0.3) is 11.0 Å². The fourth-order valence-electron chi connectivity index (χ4n) is 5.46. The molecule has 2 aliphatic heterocycles. The van der Waals surface area contributed by atoms with Crippen LogP contribution in [0.3, 0.4) is 0 Å². The maximum atomic E-state index is 13.5. The zero-order valence-corrected chi connectivity index (χ0v) is 20.1. The first-order chi connectivity index (χ1) is 15.8. The minimum atomic E-state index is 0.0830. The lowest BCUT2D eigenvalue weighted by molar-refractivity contribution is 0.0597. The van der Waals surface area contributed by atoms with Gasteiger partial charge in [0, 0.05) is 61.2 Å². The topological polar surface area (TPSA) is 39.9 Å². The lowest BCUT2D eigenvalue weighted by Crippen LogP contribution is -2.50. The van der Waals surface area contributed by atoms with Crippen molar-refractivity contribution in [2.75, 3.05) is 52.4 Å². The van der Waals surface area contributed by atoms with Crippen LogP contribution in [0.1, 0.15) is 61.1 Å². The van der Waals surface area contributed by atoms with Crippen LogP contribution in [0.2, 0.25) is 0 Å². The summed E-state index contributed by atoms with van der Waals surface area (Å²) in [6.07, 6.45) is 9.38. The molecule has 1 aromatic heterocycles. The molecule has 0 spiro atoms. The van der Waals surface area contributed by atoms with Gasteiger partial charge in [-0.15, -0.1) is 0 Å². The van der Waals surface area contributed by atoms with Crippen molar-refractivity contribution < 1.29 is 9.21 Å². The first-order valence-corrected chi connectivity index (χ1v) is 13.7. The summed E-state index contributed by atoms with van der Waals surface area (Å²) < 4.78 is 6.17. The highest BCUT2D eigenvalue weighted by Gasteiger charge is 2.28. The van der Waals surface area contributed by atoms with Crippen LogP contribution < -0.4 is 0 Å². The van der Waals surface area contributed by atoms with Crippen molar-refractivity contribution in [1.29, 1.82) is 0 Å². The van der Waals surface area contributed by atoms with E-state index in [-0.39, 0.29) is 5.91 Å². The molecule has 1 amide bonds. The van der Waals surface area contributed by atoms with E-state index in [1.165, 1.54) is 64.6 Å². The molecule has 2 saturated heterocycles. The summed E-state index contributed by atoms with van der Waals surface area (Å²) in [6, 6.07) is 8.16. The van der Waals surface area contributed by atoms with Gasteiger partial charge in [0.15, 0.2) is 5.76 Å². The Balaban J connectivity index is 1.23. The Morgan fingerprint density at radius 3 is 2.31 bits per heavy atom. The number of furan rings is 1. The average Bonchev–Trinajstić information content (AvgIpc) is 3.50. The molecule has 3 aliphatic rings. The van der Waals surface area contributed by atoms with Crippen molar-refractivity contribution in [3.63, 3.8) is 0 Å². The number of thioether (sulfide) groups is 1. The summed E-state index contributed by atoms with van der Waals surface area (Å²) >= 11 is 2.02. The number of fused-ring (bicyclic) bond motifs is 1. The first kappa shape index (κ1) is 22.3. The Morgan fingerprint density at radius 1 is 0.875 bits per heavy atom. The number of benzene rings is 1. The van der Waals surface area contributed by atoms with Gasteiger partial charge in [0.1, 0.15) is 5.58 Å². The second-order valence-corrected chi connectivity index (χ2v) is 10.9. The zero-order chi connectivity index (χ0) is 21.8. The third kappa shape index (κ3) is 5.18. The third-order valence-electron chi connectivity index (χ3n) is 7.50. The molecule has 6 heteroatoms. The molecule has 5 nitrogen and oxygen atoms in total. The number of para-hydroxylation sites is 1. The molecule has 0 atom stereocenters. The normalized spacial score (nSPS) is 21.6. The number of hydrogen-bond donors (Lipinski definition) is 0. The average molecular weight is 456 g/mol. The van der Waals surface area contributed by atoms with Crippen LogP contribution in [-0.4, -0.2) is 78.2 Å². The van der Waals surface area contributed by atoms with E-state index in [2.05, 4.69) is 21.9 Å². The molecule has 2 aromatic rings. The van der Waals surface area contributed by atoms with Crippen LogP contribution in [0, 0.1) is 0 Å². The van der Waals surface area contributed by atoms with Gasteiger partial charge in [-0.1, -0.05) is 37.5 Å². The SMILES string of the molecule is O=C(c1oc2ccccc2c1CSC1CCCCC1)N1CCN(CCN2CCCC2)CC1. The minimum absolute atomic E-state index is 0.0830. The maximum Gasteiger partial charge on any atom is 0.290 e. The van der Waals surface area contributed by atoms with Crippen molar-refractivity contribution in [2.45, 2.75) is 55.9 Å². The Kier molecular flexibility index (Phi) is 7.40. The van der Waals surface area contributed by atoms with E-state index in [1.54, 1.807) is 0 Å². The van der Waals surface area contributed by atoms with Gasteiger partial charge < -0.3 is 14.2 Å². The van der Waals surface area contributed by atoms with Gasteiger partial charge in [0.2, 0.25) is 0 Å². The van der Waals surface area contributed by atoms with Gasteiger partial charge >= 0.3 is 0 Å². The highest BCUT2D eigenvalue weighted by atomic mass is 32.2. The van der Waals surface area contributed by atoms with Gasteiger partial charge in [-0.3, -0.25) is 9.69 Å². The number of likely N-dealkylation sites (tertiary alicyclic amines) is 1. The van der Waals surface area contributed by atoms with Crippen molar-refractivity contribution in [3.05, 3.63) is 35.6 Å². The molecule has 1 saturated carbocycles. The number of rotatable bonds is 7. The Hall–Kier alpha value is -1.50. The molecule has 0 radical (unpaired) electrons. The molecule has 0 bridgehead atoms. The van der Waals surface area contributed by atoms with Gasteiger partial charge in [-0.05, 0) is 44.8 Å². The number of carbonyl (C=O) groups is 1. The van der Waals surface area contributed by atoms with Crippen molar-refractivity contribution >= 4 is 28.6 Å². The number of piperazine rings is 1. The molecule has 1 aliphatic carbocycles. The van der Waals surface area contributed by atoms with Gasteiger partial charge in [0.25, 0.3) is 5.91 Å². The van der Waals surface area contributed by atoms with E-state index in [1.807, 2.05) is 28.8 Å². The Bertz CT molecular complexity index is 894. The molecule has 0 unspecified atom stereocenters. The first-order valence-electron chi connectivity index (χ1n) is 12.6. The molecule has 3 heterocycles. The fourth-order valence-corrected chi connectivity index (χ4v) is 6.81. The lowest BCUT2D eigenvalue weighted by atomic mass is 10.0. The number of carbonyl (C=O) groups excluding carboxylic acids is 1. The number of nitrogens with zero attached hydrogens (tertiary/aromatic N) is 3. The van der Waals surface area contributed by atoms with E-state index >= 15 is 0 Å². The molecule has 0 N–H and O–H groups in total. The summed E-state index contributed by atoms with van der Waals surface area (Å²) in [5.41, 5.74) is 1.96. The van der Waals surface area contributed by atoms with Gasteiger partial charge in [0.05, 0.1) is 0 Å². The molecule has 174 valence electrons. The van der Waals surface area contributed by atoms with Crippen LogP contribution in [0.5, 0.6) is 0 Å². The Labute approximate surface area is 196 Å². The second-order valence-electron chi connectivity index (χ2n) is 9.66. The van der Waals surface area contributed by atoms with E-state index in [0.717, 1.165) is 60.3 Å². The second kappa shape index (κ2) is 10.6. The predicted molar refractivity (Wildman–Crippen MR) is 132 cm³/mol. The van der Waals surface area contributed by atoms with Crippen molar-refractivity contribution in [1.82, 2.24) is 14.7 Å². The summed E-state index contributed by atoms with van der Waals surface area (Å²) in [7, 11) is 0. The quantitative estimate of drug-likeness (QED) is 0.597. The van der Waals surface area contributed by atoms with Gasteiger partial charge in [-0.25, -0.2) is 0 Å². The van der Waals surface area contributed by atoms with Crippen LogP contribution in [0.15, 0.2) is 28.7 Å². The van der Waals surface area contributed by atoms with Gasteiger partial charge in [-0.2, -0.15) is 11.8 Å². The summed E-state index contributed by atoms with van der Waals surface area (Å²) in [5.74, 6) is 1.54. The standard InChI is InChI=1S/C26H37N3O2S/c30-26(29-18-16-28(17-19-29)15-14-27-12-6-7-13-27)25-23(20-32-21-8-2-1-3-9-21)22-10-4-5-11-24(22)31-25/h4-5,10-11,21H,1-3,6-9,12-20H2. The molecular weight excluding hydrogens is 418 g/mol. The van der Waals surface area contributed by atoms with Crippen LogP contribution in [0.4, 0.5) is 0 Å². The molecule has 1 aromatic carbocycles. The number of hydrogen-bond acceptors (Lipinski definition) is 5. The predicted octanol–water partition coefficient (Wildman–Crippen LogP) is 4.85. The highest BCUT2D eigenvalue weighted by Crippen LogP contribution is 2.35. The zero-order valence-electron chi connectivity index (χ0n) is 19.3. The fraction of sp³-hybridized carbons (Fsp3) is 0.654. The molecule has 3 fully saturated rings. The highest BCUT2D eigenvalue weighted by molar-refractivity contribution is 7.99. The van der Waals surface area contributed by atoms with Crippen molar-refractivity contribution in [2.24, 2.45) is 0 Å². The molecular formula is C26H37N3O2S. The van der Waals surface area contributed by atoms with Crippen LogP contribution in [-0.2, 0) is 5.75 Å². The summed E-state index contributed by atoms with van der Waals surface area (Å²) in [4.78, 5) is 20.6. The number of amides is 1. The maximum absolute atomic E-state index is 13.5. The third-order valence-corrected chi connectivity index (χ3v) is 8.90. The van der Waals surface area contributed by atoms with E-state index in [0.29, 0.717) is 5.76 Å².